The molecule has 2 heterocycles. The molecule has 2 saturated heterocycles. The third kappa shape index (κ3) is 4.47. The molecule has 0 spiro atoms. The van der Waals surface area contributed by atoms with Gasteiger partial charge in [0.25, 0.3) is 0 Å². The number of rotatable bonds is 6. The lowest BCUT2D eigenvalue weighted by Gasteiger charge is -2.39. The smallest absolute Gasteiger partial charge is 0.171 e. The molecule has 2 aliphatic heterocycles. The number of nitrogens with zero attached hydrogens (tertiary/aromatic N) is 1. The Balaban J connectivity index is 1.33. The van der Waals surface area contributed by atoms with Crippen LogP contribution >= 0.6 is 12.2 Å². The van der Waals surface area contributed by atoms with Crippen LogP contribution in [0.15, 0.2) is 54.6 Å². The molecule has 0 unspecified atom stereocenters. The van der Waals surface area contributed by atoms with Crippen molar-refractivity contribution in [1.29, 1.82) is 0 Å². The van der Waals surface area contributed by atoms with Crippen molar-refractivity contribution in [2.45, 2.75) is 57.3 Å². The molecular formula is C23H29N3OS. The predicted molar refractivity (Wildman–Crippen MR) is 119 cm³/mol. The summed E-state index contributed by atoms with van der Waals surface area (Å²) < 4.78 is 5.69. The van der Waals surface area contributed by atoms with Crippen molar-refractivity contribution in [2.24, 2.45) is 0 Å². The Labute approximate surface area is 173 Å². The van der Waals surface area contributed by atoms with E-state index in [9.17, 15) is 0 Å². The van der Waals surface area contributed by atoms with Gasteiger partial charge in [0, 0.05) is 24.7 Å². The van der Waals surface area contributed by atoms with E-state index >= 15 is 0 Å². The van der Waals surface area contributed by atoms with Gasteiger partial charge in [-0.15, -0.1) is 0 Å². The highest BCUT2D eigenvalue weighted by Gasteiger charge is 2.40. The molecule has 0 radical (unpaired) electrons. The summed E-state index contributed by atoms with van der Waals surface area (Å²) in [6.45, 7) is 3.70. The summed E-state index contributed by atoms with van der Waals surface area (Å²) in [5.74, 6) is 0.840. The Morgan fingerprint density at radius 3 is 2.43 bits per heavy atom. The largest absolute Gasteiger partial charge is 0.492 e. The molecule has 0 saturated carbocycles. The van der Waals surface area contributed by atoms with E-state index in [2.05, 4.69) is 45.9 Å². The van der Waals surface area contributed by atoms with Crippen molar-refractivity contribution >= 4 is 23.0 Å². The van der Waals surface area contributed by atoms with Crippen LogP contribution in [0.25, 0.3) is 0 Å². The van der Waals surface area contributed by atoms with Gasteiger partial charge in [-0.2, -0.15) is 0 Å². The number of nitrogens with one attached hydrogen (secondary N) is 2. The van der Waals surface area contributed by atoms with Crippen molar-refractivity contribution in [1.82, 2.24) is 10.2 Å². The van der Waals surface area contributed by atoms with E-state index in [1.54, 1.807) is 0 Å². The van der Waals surface area contributed by atoms with Gasteiger partial charge in [0.1, 0.15) is 5.75 Å². The quantitative estimate of drug-likeness (QED) is 0.701. The fraction of sp³-hybridized carbons (Fsp3) is 0.435. The molecule has 0 aromatic heterocycles. The highest BCUT2D eigenvalue weighted by Crippen LogP contribution is 2.37. The number of hydrogen-bond acceptors (Lipinski definition) is 3. The normalized spacial score (nSPS) is 24.0. The minimum absolute atomic E-state index is 0.434. The van der Waals surface area contributed by atoms with Crippen LogP contribution < -0.4 is 15.4 Å². The second-order valence-corrected chi connectivity index (χ2v) is 8.15. The summed E-state index contributed by atoms with van der Waals surface area (Å²) in [6, 6.07) is 20.5. The lowest BCUT2D eigenvalue weighted by Crippen LogP contribution is -2.50. The number of para-hydroxylation sites is 2. The van der Waals surface area contributed by atoms with Gasteiger partial charge in [0.05, 0.1) is 12.3 Å². The molecule has 2 bridgehead atoms. The molecule has 2 aliphatic rings. The van der Waals surface area contributed by atoms with Gasteiger partial charge in [0.2, 0.25) is 0 Å². The van der Waals surface area contributed by atoms with Crippen LogP contribution in [0.5, 0.6) is 5.75 Å². The molecular weight excluding hydrogens is 366 g/mol. The monoisotopic (exact) mass is 395 g/mol. The summed E-state index contributed by atoms with van der Waals surface area (Å²) in [5.41, 5.74) is 2.34. The Morgan fingerprint density at radius 2 is 1.71 bits per heavy atom. The maximum atomic E-state index is 5.69. The summed E-state index contributed by atoms with van der Waals surface area (Å²) in [5, 5.41) is 7.57. The minimum Gasteiger partial charge on any atom is -0.492 e. The van der Waals surface area contributed by atoms with E-state index in [4.69, 9.17) is 17.0 Å². The highest BCUT2D eigenvalue weighted by atomic mass is 32.1. The highest BCUT2D eigenvalue weighted by molar-refractivity contribution is 7.80. The molecule has 148 valence electrons. The predicted octanol–water partition coefficient (Wildman–Crippen LogP) is 4.57. The van der Waals surface area contributed by atoms with Crippen LogP contribution in [0.2, 0.25) is 0 Å². The number of hydrogen-bond donors (Lipinski definition) is 2. The molecule has 2 aromatic carbocycles. The van der Waals surface area contributed by atoms with Gasteiger partial charge in [-0.05, 0) is 62.5 Å². The van der Waals surface area contributed by atoms with Gasteiger partial charge in [-0.1, -0.05) is 42.5 Å². The van der Waals surface area contributed by atoms with Crippen LogP contribution in [-0.2, 0) is 6.54 Å². The molecule has 0 amide bonds. The summed E-state index contributed by atoms with van der Waals surface area (Å²) in [7, 11) is 0. The Kier molecular flexibility index (Phi) is 6.13. The SMILES string of the molecule is CCOc1ccccc1NC(=S)NC1C[C@H]2CC[C@H](C1)N2Cc1ccccc1. The van der Waals surface area contributed by atoms with E-state index in [1.165, 1.54) is 18.4 Å². The third-order valence-electron chi connectivity index (χ3n) is 5.86. The maximum Gasteiger partial charge on any atom is 0.171 e. The lowest BCUT2D eigenvalue weighted by atomic mass is 9.96. The van der Waals surface area contributed by atoms with Gasteiger partial charge >= 0.3 is 0 Å². The second-order valence-electron chi connectivity index (χ2n) is 7.74. The fourth-order valence-corrected chi connectivity index (χ4v) is 4.92. The molecule has 0 aliphatic carbocycles. The zero-order valence-electron chi connectivity index (χ0n) is 16.4. The van der Waals surface area contributed by atoms with Crippen LogP contribution in [-0.4, -0.2) is 34.7 Å². The van der Waals surface area contributed by atoms with Crippen LogP contribution in [0.1, 0.15) is 38.2 Å². The Hall–Kier alpha value is -2.11. The number of benzene rings is 2. The van der Waals surface area contributed by atoms with E-state index in [-0.39, 0.29) is 0 Å². The fourth-order valence-electron chi connectivity index (χ4n) is 4.64. The minimum atomic E-state index is 0.434. The number of ether oxygens (including phenoxy) is 1. The molecule has 2 N–H and O–H groups in total. The maximum absolute atomic E-state index is 5.69. The first-order chi connectivity index (χ1) is 13.7. The molecule has 4 rings (SSSR count). The van der Waals surface area contributed by atoms with Gasteiger partial charge in [-0.25, -0.2) is 0 Å². The summed E-state index contributed by atoms with van der Waals surface area (Å²) >= 11 is 5.60. The summed E-state index contributed by atoms with van der Waals surface area (Å²) in [6.07, 6.45) is 4.89. The number of thiocarbonyl (C=S) groups is 1. The van der Waals surface area contributed by atoms with Crippen molar-refractivity contribution < 1.29 is 4.74 Å². The van der Waals surface area contributed by atoms with Gasteiger partial charge in [-0.3, -0.25) is 4.90 Å². The first kappa shape index (κ1) is 19.2. The summed E-state index contributed by atoms with van der Waals surface area (Å²) in [4.78, 5) is 2.70. The van der Waals surface area contributed by atoms with Gasteiger partial charge in [0.15, 0.2) is 5.11 Å². The number of fused-ring (bicyclic) bond motifs is 2. The first-order valence-electron chi connectivity index (χ1n) is 10.3. The molecule has 2 atom stereocenters. The van der Waals surface area contributed by atoms with Crippen molar-refractivity contribution in [3.05, 3.63) is 60.2 Å². The second kappa shape index (κ2) is 8.93. The van der Waals surface area contributed by atoms with Crippen LogP contribution in [0.4, 0.5) is 5.69 Å². The first-order valence-corrected chi connectivity index (χ1v) is 10.7. The molecule has 28 heavy (non-hydrogen) atoms. The third-order valence-corrected chi connectivity index (χ3v) is 6.08. The van der Waals surface area contributed by atoms with Crippen LogP contribution in [0, 0.1) is 0 Å². The molecule has 4 nitrogen and oxygen atoms in total. The zero-order chi connectivity index (χ0) is 19.3. The topological polar surface area (TPSA) is 36.5 Å². The van der Waals surface area contributed by atoms with Gasteiger partial charge < -0.3 is 15.4 Å². The number of anilines is 1. The lowest BCUT2D eigenvalue weighted by molar-refractivity contribution is 0.115. The zero-order valence-corrected chi connectivity index (χ0v) is 17.3. The average Bonchev–Trinajstić information content (AvgIpc) is 2.93. The van der Waals surface area contributed by atoms with Crippen molar-refractivity contribution in [2.75, 3.05) is 11.9 Å². The molecule has 2 fully saturated rings. The standard InChI is InChI=1S/C23H29N3OS/c1-2-27-22-11-7-6-10-21(22)25-23(28)24-18-14-19-12-13-20(15-18)26(19)16-17-8-4-3-5-9-17/h3-11,18-20H,2,12-16H2,1H3,(H2,24,25,28)/t19-,20-/m1/s1. The molecule has 5 heteroatoms. The molecule has 2 aromatic rings. The number of piperidine rings is 1. The van der Waals surface area contributed by atoms with E-state index < -0.39 is 0 Å². The Bertz CT molecular complexity index is 783. The van der Waals surface area contributed by atoms with Crippen molar-refractivity contribution in [3.63, 3.8) is 0 Å². The van der Waals surface area contributed by atoms with E-state index in [0.29, 0.717) is 29.8 Å². The van der Waals surface area contributed by atoms with Crippen LogP contribution in [0.3, 0.4) is 0 Å². The average molecular weight is 396 g/mol. The van der Waals surface area contributed by atoms with Crippen molar-refractivity contribution in [3.8, 4) is 5.75 Å². The van der Waals surface area contributed by atoms with E-state index in [1.807, 2.05) is 31.2 Å². The Morgan fingerprint density at radius 1 is 1.04 bits per heavy atom. The van der Waals surface area contributed by atoms with E-state index in [0.717, 1.165) is 30.8 Å².